The molecule has 2 aliphatic rings. The number of amides is 2. The summed E-state index contributed by atoms with van der Waals surface area (Å²) in [6.07, 6.45) is 4.75. The second kappa shape index (κ2) is 10.1. The Labute approximate surface area is 220 Å². The van der Waals surface area contributed by atoms with E-state index in [-0.39, 0.29) is 36.5 Å². The lowest BCUT2D eigenvalue weighted by Gasteiger charge is -2.39. The minimum atomic E-state index is -0.968. The van der Waals surface area contributed by atoms with E-state index in [1.807, 2.05) is 32.9 Å². The highest BCUT2D eigenvalue weighted by Gasteiger charge is 2.49. The molecule has 2 aliphatic heterocycles. The van der Waals surface area contributed by atoms with Gasteiger partial charge in [0.25, 0.3) is 5.56 Å². The Hall–Kier alpha value is -3.99. The van der Waals surface area contributed by atoms with Gasteiger partial charge in [-0.15, -0.1) is 0 Å². The van der Waals surface area contributed by atoms with Crippen molar-refractivity contribution < 1.29 is 19.1 Å². The number of carbonyl (C=O) groups is 2. The van der Waals surface area contributed by atoms with E-state index in [0.717, 1.165) is 25.1 Å². The van der Waals surface area contributed by atoms with Crippen LogP contribution in [0.2, 0.25) is 0 Å². The van der Waals surface area contributed by atoms with E-state index >= 15 is 0 Å². The van der Waals surface area contributed by atoms with Crippen molar-refractivity contribution in [1.29, 1.82) is 0 Å². The predicted octanol–water partition coefficient (Wildman–Crippen LogP) is 2.49. The van der Waals surface area contributed by atoms with Gasteiger partial charge in [-0.2, -0.15) is 0 Å². The summed E-state index contributed by atoms with van der Waals surface area (Å²) in [7, 11) is 0. The van der Waals surface area contributed by atoms with Crippen molar-refractivity contribution in [3.63, 3.8) is 0 Å². The van der Waals surface area contributed by atoms with Gasteiger partial charge in [0, 0.05) is 31.4 Å². The van der Waals surface area contributed by atoms with Crippen molar-refractivity contribution >= 4 is 29.2 Å². The Bertz CT molecular complexity index is 1390. The SMILES string of the molecule is CC(C)(C)OC(=O)N[C@@H]1CCCN(c2ccc(C3(C(=O)Nc4cc(=O)n5ccccc5n4)COC3)nc2)C1. The quantitative estimate of drug-likeness (QED) is 0.525. The maximum atomic E-state index is 13.4. The first-order valence-electron chi connectivity index (χ1n) is 12.7. The minimum Gasteiger partial charge on any atom is -0.444 e. The summed E-state index contributed by atoms with van der Waals surface area (Å²) in [5.41, 5.74) is 0.134. The zero-order valence-corrected chi connectivity index (χ0v) is 21.8. The molecule has 0 radical (unpaired) electrons. The topological polar surface area (TPSA) is 127 Å². The fourth-order valence-corrected chi connectivity index (χ4v) is 4.72. The lowest BCUT2D eigenvalue weighted by Crippen LogP contribution is -2.56. The van der Waals surface area contributed by atoms with Crippen molar-refractivity contribution in [2.75, 3.05) is 36.5 Å². The fraction of sp³-hybridized carbons (Fsp3) is 0.444. The van der Waals surface area contributed by atoms with Gasteiger partial charge in [0.15, 0.2) is 0 Å². The van der Waals surface area contributed by atoms with Crippen LogP contribution in [-0.2, 0) is 19.7 Å². The van der Waals surface area contributed by atoms with E-state index in [1.54, 1.807) is 30.6 Å². The molecular weight excluding hydrogens is 488 g/mol. The number of pyridine rings is 2. The largest absolute Gasteiger partial charge is 0.444 e. The minimum absolute atomic E-state index is 0.0334. The highest BCUT2D eigenvalue weighted by molar-refractivity contribution is 5.99. The molecule has 5 rings (SSSR count). The van der Waals surface area contributed by atoms with Crippen LogP contribution in [-0.4, -0.2) is 64.3 Å². The number of nitrogens with one attached hydrogen (secondary N) is 2. The molecule has 0 bridgehead atoms. The van der Waals surface area contributed by atoms with E-state index < -0.39 is 17.1 Å². The number of ether oxygens (including phenoxy) is 2. The average Bonchev–Trinajstić information content (AvgIpc) is 2.83. The molecule has 5 heterocycles. The molecule has 3 aromatic heterocycles. The van der Waals surface area contributed by atoms with Crippen LogP contribution >= 0.6 is 0 Å². The third kappa shape index (κ3) is 5.33. The number of rotatable bonds is 5. The van der Waals surface area contributed by atoms with Crippen molar-refractivity contribution in [3.05, 3.63) is 64.8 Å². The number of hydrogen-bond donors (Lipinski definition) is 2. The second-order valence-corrected chi connectivity index (χ2v) is 10.8. The average molecular weight is 521 g/mol. The smallest absolute Gasteiger partial charge is 0.407 e. The van der Waals surface area contributed by atoms with E-state index in [9.17, 15) is 14.4 Å². The van der Waals surface area contributed by atoms with Crippen molar-refractivity contribution in [1.82, 2.24) is 19.7 Å². The molecule has 0 aromatic carbocycles. The number of piperidine rings is 1. The first-order chi connectivity index (χ1) is 18.1. The molecule has 0 spiro atoms. The molecule has 0 unspecified atom stereocenters. The molecule has 1 atom stereocenters. The highest BCUT2D eigenvalue weighted by atomic mass is 16.6. The van der Waals surface area contributed by atoms with Crippen LogP contribution in [0.1, 0.15) is 39.3 Å². The number of anilines is 2. The summed E-state index contributed by atoms with van der Waals surface area (Å²) in [6.45, 7) is 7.36. The molecule has 2 fully saturated rings. The third-order valence-electron chi connectivity index (χ3n) is 6.69. The number of fused-ring (bicyclic) bond motifs is 1. The van der Waals surface area contributed by atoms with Crippen molar-refractivity contribution in [2.24, 2.45) is 0 Å². The maximum Gasteiger partial charge on any atom is 0.407 e. The summed E-state index contributed by atoms with van der Waals surface area (Å²) < 4.78 is 12.2. The van der Waals surface area contributed by atoms with E-state index in [1.165, 1.54) is 10.5 Å². The summed E-state index contributed by atoms with van der Waals surface area (Å²) in [5, 5.41) is 5.75. The number of carbonyl (C=O) groups excluding carboxylic acids is 2. The van der Waals surface area contributed by atoms with Crippen LogP contribution in [0, 0.1) is 0 Å². The van der Waals surface area contributed by atoms with Crippen LogP contribution in [0.4, 0.5) is 16.3 Å². The molecule has 0 aliphatic carbocycles. The Morgan fingerprint density at radius 1 is 1.18 bits per heavy atom. The molecule has 11 heteroatoms. The van der Waals surface area contributed by atoms with Crippen LogP contribution in [0.5, 0.6) is 0 Å². The number of aromatic nitrogens is 3. The van der Waals surface area contributed by atoms with Gasteiger partial charge in [0.2, 0.25) is 5.91 Å². The Morgan fingerprint density at radius 3 is 2.68 bits per heavy atom. The normalized spacial score (nSPS) is 18.9. The van der Waals surface area contributed by atoms with E-state index in [4.69, 9.17) is 9.47 Å². The molecule has 3 aromatic rings. The molecule has 2 saturated heterocycles. The highest BCUT2D eigenvalue weighted by Crippen LogP contribution is 2.33. The standard InChI is InChI=1S/C27H32N6O5/c1-26(2,3)38-25(36)29-18-7-6-11-32(15-18)19-9-10-20(28-14-19)27(16-37-17-27)24(35)31-21-13-23(34)33-12-5-4-8-22(33)30-21/h4-5,8-10,12-14,18H,6-7,11,15-17H2,1-3H3,(H,29,36)(H,31,35)/t18-/m1/s1. The summed E-state index contributed by atoms with van der Waals surface area (Å²) >= 11 is 0. The molecule has 2 amide bonds. The lowest BCUT2D eigenvalue weighted by molar-refractivity contribution is -0.140. The summed E-state index contributed by atoms with van der Waals surface area (Å²) in [5.74, 6) is -0.137. The third-order valence-corrected chi connectivity index (χ3v) is 6.69. The molecule has 200 valence electrons. The number of alkyl carbamates (subject to hydrolysis) is 1. The van der Waals surface area contributed by atoms with Gasteiger partial charge in [-0.25, -0.2) is 9.78 Å². The van der Waals surface area contributed by atoms with Crippen LogP contribution in [0.25, 0.3) is 5.65 Å². The maximum absolute atomic E-state index is 13.4. The van der Waals surface area contributed by atoms with Crippen LogP contribution in [0.3, 0.4) is 0 Å². The van der Waals surface area contributed by atoms with E-state index in [0.29, 0.717) is 17.9 Å². The van der Waals surface area contributed by atoms with Gasteiger partial charge in [0.1, 0.15) is 22.5 Å². The Morgan fingerprint density at radius 2 is 2.00 bits per heavy atom. The zero-order valence-electron chi connectivity index (χ0n) is 21.8. The van der Waals surface area contributed by atoms with E-state index in [2.05, 4.69) is 25.5 Å². The molecule has 11 nitrogen and oxygen atoms in total. The fourth-order valence-electron chi connectivity index (χ4n) is 4.72. The number of nitrogens with zero attached hydrogens (tertiary/aromatic N) is 4. The monoisotopic (exact) mass is 520 g/mol. The summed E-state index contributed by atoms with van der Waals surface area (Å²) in [6, 6.07) is 10.3. The van der Waals surface area contributed by atoms with Gasteiger partial charge in [-0.3, -0.25) is 19.0 Å². The van der Waals surface area contributed by atoms with Gasteiger partial charge >= 0.3 is 6.09 Å². The zero-order chi connectivity index (χ0) is 26.9. The Balaban J connectivity index is 1.27. The molecule has 38 heavy (non-hydrogen) atoms. The molecule has 0 saturated carbocycles. The lowest BCUT2D eigenvalue weighted by atomic mass is 9.81. The van der Waals surface area contributed by atoms with Gasteiger partial charge in [-0.05, 0) is 57.9 Å². The first-order valence-corrected chi connectivity index (χ1v) is 12.7. The number of hydrogen-bond acceptors (Lipinski definition) is 8. The molecular formula is C27H32N6O5. The molecule has 2 N–H and O–H groups in total. The van der Waals surface area contributed by atoms with Crippen LogP contribution in [0.15, 0.2) is 53.6 Å². The van der Waals surface area contributed by atoms with Gasteiger partial charge < -0.3 is 25.0 Å². The van der Waals surface area contributed by atoms with Gasteiger partial charge in [-0.1, -0.05) is 6.07 Å². The van der Waals surface area contributed by atoms with Crippen molar-refractivity contribution in [2.45, 2.75) is 50.7 Å². The Kier molecular flexibility index (Phi) is 6.78. The van der Waals surface area contributed by atoms with Crippen molar-refractivity contribution in [3.8, 4) is 0 Å². The first kappa shape index (κ1) is 25.7. The summed E-state index contributed by atoms with van der Waals surface area (Å²) in [4.78, 5) is 49.2. The predicted molar refractivity (Wildman–Crippen MR) is 141 cm³/mol. The van der Waals surface area contributed by atoms with Crippen LogP contribution < -0.4 is 21.1 Å². The second-order valence-electron chi connectivity index (χ2n) is 10.8. The van der Waals surface area contributed by atoms with Gasteiger partial charge in [0.05, 0.1) is 30.8 Å².